The molecule has 218 valence electrons. The third-order valence-electron chi connectivity index (χ3n) is 3.76. The summed E-state index contributed by atoms with van der Waals surface area (Å²) in [5.41, 5.74) is -11.5. The van der Waals surface area contributed by atoms with Crippen LogP contribution in [0.25, 0.3) is 0 Å². The van der Waals surface area contributed by atoms with Crippen molar-refractivity contribution >= 4 is 26.2 Å². The fourth-order valence-electron chi connectivity index (χ4n) is 2.48. The smallest absolute Gasteiger partial charge is 0.741 e. The molecule has 0 aliphatic carbocycles. The van der Waals surface area contributed by atoms with Crippen LogP contribution >= 0.6 is 0 Å². The molecule has 0 aromatic heterocycles. The average Bonchev–Trinajstić information content (AvgIpc) is 2.92. The molecule has 2 aliphatic rings. The molecule has 0 saturated carbocycles. The van der Waals surface area contributed by atoms with Crippen molar-refractivity contribution in [3.8, 4) is 0 Å². The van der Waals surface area contributed by atoms with Gasteiger partial charge in [0.1, 0.15) is 0 Å². The maximum Gasteiger partial charge on any atom is 2.00 e. The number of hydrogen-bond donors (Lipinski definition) is 6. The Labute approximate surface area is 211 Å². The van der Waals surface area contributed by atoms with Crippen LogP contribution in [-0.2, 0) is 49.6 Å². The van der Waals surface area contributed by atoms with Crippen molar-refractivity contribution in [1.82, 2.24) is 36.1 Å². The van der Waals surface area contributed by atoms with E-state index >= 15 is 0 Å². The molecule has 2 heterocycles. The Bertz CT molecular complexity index is 832. The van der Waals surface area contributed by atoms with Gasteiger partial charge >= 0.3 is 36.8 Å². The maximum absolute atomic E-state index is 11.5. The van der Waals surface area contributed by atoms with Crippen LogP contribution in [-0.4, -0.2) is 61.1 Å². The minimum Gasteiger partial charge on any atom is -0.741 e. The summed E-state index contributed by atoms with van der Waals surface area (Å²) in [6, 6.07) is 0. The van der Waals surface area contributed by atoms with Crippen LogP contribution in [0.3, 0.4) is 0 Å². The molecule has 1 saturated heterocycles. The standard InChI is InChI=1S/C10H15NO2.2CHF3O3S.5H3N.Os/c1-9-4-5-10(2,11-9)7(6-9)8(12)13-3;2*2-1(3,4)8(5,6)7;;;;;;/h4-5,7,11H,6H2,1-3H3;2*(H,5,6,7);5*1H3;/q;;;;;;;;+2/p-2. The molecule has 0 spiro atoms. The Hall–Kier alpha value is -0.994. The monoisotopic (exact) mass is 756 g/mol. The second-order valence-corrected chi connectivity index (χ2v) is 8.98. The molecule has 35 heavy (non-hydrogen) atoms. The zero-order valence-electron chi connectivity index (χ0n) is 18.7. The fourth-order valence-corrected chi connectivity index (χ4v) is 2.48. The summed E-state index contributed by atoms with van der Waals surface area (Å²) in [4.78, 5) is 11.5. The SMILES string of the molecule is COC(=O)C1CC2(C)C=CC1(C)N2.N.N.N.N.N.O=S(=O)([O-])C(F)(F)F.O=S(=O)([O-])C(F)(F)F.[Os+2]. The normalized spacial score (nSPS) is 23.8. The van der Waals surface area contributed by atoms with Crippen LogP contribution in [0, 0.1) is 5.92 Å². The van der Waals surface area contributed by atoms with Crippen molar-refractivity contribution in [3.05, 3.63) is 12.2 Å². The van der Waals surface area contributed by atoms with E-state index in [1.54, 1.807) is 0 Å². The van der Waals surface area contributed by atoms with Crippen LogP contribution in [0.4, 0.5) is 26.3 Å². The zero-order valence-corrected chi connectivity index (χ0v) is 22.9. The molecule has 23 heteroatoms. The van der Waals surface area contributed by atoms with E-state index in [4.69, 9.17) is 30.7 Å². The zero-order chi connectivity index (χ0) is 23.7. The van der Waals surface area contributed by atoms with Crippen molar-refractivity contribution in [2.45, 2.75) is 42.4 Å². The Morgan fingerprint density at radius 1 is 0.886 bits per heavy atom. The number of fused-ring (bicyclic) bond motifs is 2. The minimum absolute atomic E-state index is 0. The van der Waals surface area contributed by atoms with Crippen LogP contribution in [0.2, 0.25) is 0 Å². The Morgan fingerprint density at radius 3 is 1.31 bits per heavy atom. The summed E-state index contributed by atoms with van der Waals surface area (Å²) in [5.74, 6) is -0.143. The molecule has 0 amide bonds. The van der Waals surface area contributed by atoms with Crippen molar-refractivity contribution in [1.29, 1.82) is 0 Å². The predicted molar refractivity (Wildman–Crippen MR) is 106 cm³/mol. The summed E-state index contributed by atoms with van der Waals surface area (Å²) < 4.78 is 123. The molecule has 2 aliphatic heterocycles. The van der Waals surface area contributed by atoms with Gasteiger partial charge in [0.15, 0.2) is 20.2 Å². The number of methoxy groups -OCH3 is 1. The molecule has 16 N–H and O–H groups in total. The molecular formula is C12H30F6N6O8OsS2. The molecule has 3 atom stereocenters. The van der Waals surface area contributed by atoms with E-state index in [-0.39, 0.29) is 73.5 Å². The van der Waals surface area contributed by atoms with Gasteiger partial charge in [0.05, 0.1) is 13.0 Å². The number of nitrogens with one attached hydrogen (secondary N) is 1. The van der Waals surface area contributed by atoms with Crippen molar-refractivity contribution < 1.29 is 81.6 Å². The molecule has 1 fully saturated rings. The first-order valence-corrected chi connectivity index (χ1v) is 9.92. The Balaban J connectivity index is -0.0000000647. The van der Waals surface area contributed by atoms with Crippen molar-refractivity contribution in [2.24, 2.45) is 5.92 Å². The number of esters is 1. The largest absolute Gasteiger partial charge is 2.00 e. The van der Waals surface area contributed by atoms with Crippen LogP contribution in [0.5, 0.6) is 0 Å². The van der Waals surface area contributed by atoms with Crippen molar-refractivity contribution in [3.63, 3.8) is 0 Å². The molecule has 0 aromatic carbocycles. The summed E-state index contributed by atoms with van der Waals surface area (Å²) >= 11 is 0. The van der Waals surface area contributed by atoms with Crippen LogP contribution in [0.1, 0.15) is 20.3 Å². The van der Waals surface area contributed by atoms with Gasteiger partial charge in [-0.3, -0.25) is 10.1 Å². The van der Waals surface area contributed by atoms with E-state index in [2.05, 4.69) is 24.4 Å². The average molecular weight is 755 g/mol. The van der Waals surface area contributed by atoms with Crippen LogP contribution in [0.15, 0.2) is 12.2 Å². The number of ether oxygens (including phenoxy) is 1. The van der Waals surface area contributed by atoms with E-state index in [1.165, 1.54) is 7.11 Å². The minimum atomic E-state index is -6.09. The summed E-state index contributed by atoms with van der Waals surface area (Å²) in [5, 5.41) is 3.43. The van der Waals surface area contributed by atoms with Gasteiger partial charge in [-0.05, 0) is 20.3 Å². The van der Waals surface area contributed by atoms with Gasteiger partial charge in [-0.15, -0.1) is 0 Å². The van der Waals surface area contributed by atoms with Crippen molar-refractivity contribution in [2.75, 3.05) is 7.11 Å². The third kappa shape index (κ3) is 14.4. The number of carbonyl (C=O) groups is 1. The first kappa shape index (κ1) is 50.8. The Morgan fingerprint density at radius 2 is 1.17 bits per heavy atom. The van der Waals surface area contributed by atoms with E-state index in [0.717, 1.165) is 6.42 Å². The van der Waals surface area contributed by atoms with Gasteiger partial charge in [0.25, 0.3) is 0 Å². The third-order valence-corrected chi connectivity index (χ3v) is 4.89. The molecular weight excluding hydrogens is 725 g/mol. The number of halogens is 6. The predicted octanol–water partition coefficient (Wildman–Crippen LogP) is 1.77. The first-order chi connectivity index (χ1) is 12.5. The van der Waals surface area contributed by atoms with Gasteiger partial charge in [-0.2, -0.15) is 26.3 Å². The number of alkyl halides is 6. The topological polar surface area (TPSA) is 328 Å². The van der Waals surface area contributed by atoms with Gasteiger partial charge in [-0.1, -0.05) is 12.2 Å². The molecule has 0 radical (unpaired) electrons. The second kappa shape index (κ2) is 16.0. The van der Waals surface area contributed by atoms with Gasteiger partial charge < -0.3 is 44.6 Å². The Kier molecular flexibility index (Phi) is 23.2. The van der Waals surface area contributed by atoms with E-state index in [0.29, 0.717) is 0 Å². The second-order valence-electron chi connectivity index (χ2n) is 6.24. The number of carbonyl (C=O) groups excluding carboxylic acids is 1. The van der Waals surface area contributed by atoms with E-state index < -0.39 is 31.3 Å². The number of hydrogen-bond acceptors (Lipinski definition) is 14. The summed E-state index contributed by atoms with van der Waals surface area (Å²) in [6.07, 6.45) is 5.07. The molecule has 2 bridgehead atoms. The number of rotatable bonds is 1. The summed E-state index contributed by atoms with van der Waals surface area (Å²) in [7, 11) is -10.7. The van der Waals surface area contributed by atoms with E-state index in [9.17, 15) is 31.1 Å². The molecule has 0 aromatic rings. The van der Waals surface area contributed by atoms with Crippen LogP contribution < -0.4 is 36.1 Å². The molecule has 14 nitrogen and oxygen atoms in total. The fraction of sp³-hybridized carbons (Fsp3) is 0.750. The maximum atomic E-state index is 11.5. The quantitative estimate of drug-likeness (QED) is 0.0731. The van der Waals surface area contributed by atoms with Gasteiger partial charge in [0.2, 0.25) is 0 Å². The molecule has 3 unspecified atom stereocenters. The van der Waals surface area contributed by atoms with E-state index in [1.807, 2.05) is 6.92 Å². The first-order valence-electron chi connectivity index (χ1n) is 7.11. The van der Waals surface area contributed by atoms with Gasteiger partial charge in [0, 0.05) is 11.1 Å². The summed E-state index contributed by atoms with van der Waals surface area (Å²) in [6.45, 7) is 4.15. The molecule has 2 rings (SSSR count). The van der Waals surface area contributed by atoms with Gasteiger partial charge in [-0.25, -0.2) is 16.8 Å².